The highest BCUT2D eigenvalue weighted by molar-refractivity contribution is 6.15. The van der Waals surface area contributed by atoms with E-state index in [2.05, 4.69) is 4.90 Å². The summed E-state index contributed by atoms with van der Waals surface area (Å²) in [5.74, 6) is -0.555. The van der Waals surface area contributed by atoms with E-state index in [1.807, 2.05) is 0 Å². The number of nitrogens with one attached hydrogen (secondary N) is 1. The number of allylic oxidation sites excluding steroid dienone is 1. The zero-order chi connectivity index (χ0) is 21.3. The van der Waals surface area contributed by atoms with Crippen molar-refractivity contribution in [1.29, 1.82) is 0 Å². The van der Waals surface area contributed by atoms with Crippen molar-refractivity contribution >= 4 is 11.9 Å². The number of halogens is 1. The van der Waals surface area contributed by atoms with Crippen molar-refractivity contribution in [3.05, 3.63) is 64.2 Å². The quantitative estimate of drug-likeness (QED) is 0.701. The Kier molecular flexibility index (Phi) is 5.85. The molecule has 0 spiro atoms. The third-order valence-electron chi connectivity index (χ3n) is 5.80. The second kappa shape index (κ2) is 8.55. The second-order valence-corrected chi connectivity index (χ2v) is 7.83. The molecule has 0 bridgehead atoms. The summed E-state index contributed by atoms with van der Waals surface area (Å²) in [5.41, 5.74) is 1.72. The average Bonchev–Trinajstić information content (AvgIpc) is 3.05. The Morgan fingerprint density at radius 1 is 1.30 bits per heavy atom. The van der Waals surface area contributed by atoms with E-state index in [1.165, 1.54) is 23.1 Å². The summed E-state index contributed by atoms with van der Waals surface area (Å²) >= 11 is 0. The number of aryl methyl sites for hydroxylation is 1. The number of carbonyl (C=O) groups excluding carboxylic acids is 1. The number of rotatable bonds is 5. The Balaban J connectivity index is 1.61. The van der Waals surface area contributed by atoms with Gasteiger partial charge in [-0.1, -0.05) is 30.0 Å². The number of hydrogen-bond acceptors (Lipinski definition) is 5. The van der Waals surface area contributed by atoms with E-state index in [0.29, 0.717) is 35.5 Å². The monoisotopic (exact) mass is 412 g/mol. The first-order valence-corrected chi connectivity index (χ1v) is 10.2. The van der Waals surface area contributed by atoms with Gasteiger partial charge in [-0.2, -0.15) is 0 Å². The molecule has 2 N–H and O–H groups in total. The van der Waals surface area contributed by atoms with E-state index in [-0.39, 0.29) is 29.5 Å². The maximum absolute atomic E-state index is 14.0. The number of quaternary nitrogens is 1. The maximum Gasteiger partial charge on any atom is 0.232 e. The highest BCUT2D eigenvalue weighted by atomic mass is 19.1. The molecule has 0 radical (unpaired) electrons. The normalized spacial score (nSPS) is 18.6. The first-order valence-electron chi connectivity index (χ1n) is 10.2. The third-order valence-corrected chi connectivity index (χ3v) is 5.80. The number of carbonyl (C=O) groups is 1. The largest absolute Gasteiger partial charge is 0.872 e. The number of hydrogen-bond donors (Lipinski definition) is 2. The number of ketones is 1. The summed E-state index contributed by atoms with van der Waals surface area (Å²) in [7, 11) is 0. The van der Waals surface area contributed by atoms with Crippen LogP contribution in [0.2, 0.25) is 0 Å². The molecule has 7 heteroatoms. The predicted octanol–water partition coefficient (Wildman–Crippen LogP) is 0.517. The molecule has 2 aliphatic rings. The van der Waals surface area contributed by atoms with Gasteiger partial charge in [0.2, 0.25) is 5.78 Å². The molecule has 0 amide bonds. The number of nitrogens with zero attached hydrogens (tertiary/aromatic N) is 1. The smallest absolute Gasteiger partial charge is 0.232 e. The van der Waals surface area contributed by atoms with Crippen LogP contribution in [0.3, 0.4) is 0 Å². The number of ether oxygens (including phenoxy) is 1. The first-order chi connectivity index (χ1) is 14.5. The average molecular weight is 412 g/mol. The molecule has 2 aliphatic heterocycles. The van der Waals surface area contributed by atoms with Crippen LogP contribution in [0.4, 0.5) is 4.39 Å². The van der Waals surface area contributed by atoms with Crippen molar-refractivity contribution in [3.8, 4) is 11.5 Å². The van der Waals surface area contributed by atoms with Gasteiger partial charge in [0.05, 0.1) is 25.3 Å². The molecule has 0 atom stereocenters. The number of fused-ring (bicyclic) bond motifs is 1. The summed E-state index contributed by atoms with van der Waals surface area (Å²) in [6, 6.07) is 7.66. The lowest BCUT2D eigenvalue weighted by Crippen LogP contribution is -3.13. The minimum atomic E-state index is -0.441. The van der Waals surface area contributed by atoms with Gasteiger partial charge in [0, 0.05) is 30.8 Å². The van der Waals surface area contributed by atoms with E-state index < -0.39 is 5.82 Å². The van der Waals surface area contributed by atoms with Crippen LogP contribution in [-0.2, 0) is 6.54 Å². The van der Waals surface area contributed by atoms with Crippen molar-refractivity contribution in [2.45, 2.75) is 13.5 Å². The van der Waals surface area contributed by atoms with Gasteiger partial charge in [0.1, 0.15) is 18.1 Å². The van der Waals surface area contributed by atoms with Crippen molar-refractivity contribution in [1.82, 2.24) is 4.90 Å². The number of Topliss-reactive ketones (excluding diaryl/α,β-unsaturated/α-hetero) is 1. The minimum absolute atomic E-state index is 0.0350. The highest BCUT2D eigenvalue weighted by Crippen LogP contribution is 2.40. The Bertz CT molecular complexity index is 997. The van der Waals surface area contributed by atoms with Crippen molar-refractivity contribution in [2.75, 3.05) is 39.3 Å². The molecule has 1 fully saturated rings. The summed E-state index contributed by atoms with van der Waals surface area (Å²) in [6.07, 6.45) is 1.39. The molecular weight excluding hydrogens is 387 g/mol. The lowest BCUT2D eigenvalue weighted by atomic mass is 9.99. The van der Waals surface area contributed by atoms with Gasteiger partial charge in [-0.3, -0.25) is 9.69 Å². The summed E-state index contributed by atoms with van der Waals surface area (Å²) in [6.45, 7) is 6.35. The molecule has 2 aromatic rings. The molecule has 1 saturated heterocycles. The summed E-state index contributed by atoms with van der Waals surface area (Å²) in [5, 5.41) is 21.8. The second-order valence-electron chi connectivity index (χ2n) is 7.83. The van der Waals surface area contributed by atoms with E-state index in [9.17, 15) is 14.3 Å². The molecular formula is C23H25FN2O4. The molecule has 30 heavy (non-hydrogen) atoms. The number of aliphatic hydroxyl groups is 1. The van der Waals surface area contributed by atoms with E-state index in [0.717, 1.165) is 26.2 Å². The van der Waals surface area contributed by atoms with Crippen LogP contribution in [0.25, 0.3) is 6.08 Å². The van der Waals surface area contributed by atoms with Gasteiger partial charge >= 0.3 is 0 Å². The van der Waals surface area contributed by atoms with Crippen LogP contribution in [0.5, 0.6) is 11.5 Å². The third kappa shape index (κ3) is 3.96. The van der Waals surface area contributed by atoms with Gasteiger partial charge < -0.3 is 19.8 Å². The molecule has 0 unspecified atom stereocenters. The van der Waals surface area contributed by atoms with Crippen molar-refractivity contribution < 1.29 is 29.0 Å². The number of β-amino-alcohol motifs (C(OH)–C–C–N with tert-alkyl or cyclic N) is 1. The van der Waals surface area contributed by atoms with Crippen LogP contribution in [0.1, 0.15) is 27.0 Å². The van der Waals surface area contributed by atoms with Gasteiger partial charge in [-0.15, -0.1) is 0 Å². The highest BCUT2D eigenvalue weighted by Gasteiger charge is 2.33. The fourth-order valence-electron chi connectivity index (χ4n) is 4.13. The van der Waals surface area contributed by atoms with Gasteiger partial charge in [-0.25, -0.2) is 4.39 Å². The maximum atomic E-state index is 14.0. The Hall–Kier alpha value is -2.74. The number of benzene rings is 2. The topological polar surface area (TPSA) is 77.3 Å². The standard InChI is InChI=1S/C23H25FN2O4/c1-15-12-19(28)17(14-26-8-6-25(7-9-26)10-11-27)23-21(15)22(29)20(30-23)13-16-4-2-3-5-18(16)24/h2-5,12-13,27-28H,6-11,14H2,1H3. The molecule has 0 saturated carbocycles. The van der Waals surface area contributed by atoms with Crippen LogP contribution < -0.4 is 14.7 Å². The number of piperazine rings is 1. The van der Waals surface area contributed by atoms with Crippen molar-refractivity contribution in [2.24, 2.45) is 0 Å². The van der Waals surface area contributed by atoms with Gasteiger partial charge in [0.15, 0.2) is 5.76 Å². The molecule has 2 aromatic carbocycles. The lowest BCUT2D eigenvalue weighted by molar-refractivity contribution is -0.918. The van der Waals surface area contributed by atoms with E-state index >= 15 is 0 Å². The zero-order valence-electron chi connectivity index (χ0n) is 16.9. The predicted molar refractivity (Wildman–Crippen MR) is 108 cm³/mol. The van der Waals surface area contributed by atoms with E-state index in [1.54, 1.807) is 25.1 Å². The van der Waals surface area contributed by atoms with Crippen LogP contribution in [0, 0.1) is 12.7 Å². The zero-order valence-corrected chi connectivity index (χ0v) is 16.9. The minimum Gasteiger partial charge on any atom is -0.872 e. The van der Waals surface area contributed by atoms with Crippen LogP contribution in [0.15, 0.2) is 36.1 Å². The fourth-order valence-corrected chi connectivity index (χ4v) is 4.13. The van der Waals surface area contributed by atoms with E-state index in [4.69, 9.17) is 9.84 Å². The Morgan fingerprint density at radius 3 is 2.73 bits per heavy atom. The SMILES string of the molecule is Cc1cc([O-])c(C[NH+]2CCN(CCO)CC2)c2c1C(=O)C(=Cc1ccccc1F)O2. The summed E-state index contributed by atoms with van der Waals surface area (Å²) < 4.78 is 19.9. The van der Waals surface area contributed by atoms with Crippen LogP contribution >= 0.6 is 0 Å². The van der Waals surface area contributed by atoms with Gasteiger partial charge in [0.25, 0.3) is 0 Å². The molecule has 2 heterocycles. The molecule has 158 valence electrons. The molecule has 0 aliphatic carbocycles. The Morgan fingerprint density at radius 2 is 2.03 bits per heavy atom. The summed E-state index contributed by atoms with van der Waals surface area (Å²) in [4.78, 5) is 16.4. The molecule has 6 nitrogen and oxygen atoms in total. The molecule has 4 rings (SSSR count). The van der Waals surface area contributed by atoms with Crippen LogP contribution in [-0.4, -0.2) is 55.1 Å². The van der Waals surface area contributed by atoms with Gasteiger partial charge in [-0.05, 0) is 24.6 Å². The molecule has 0 aromatic heterocycles. The van der Waals surface area contributed by atoms with Crippen molar-refractivity contribution in [3.63, 3.8) is 0 Å². The fraction of sp³-hybridized carbons (Fsp3) is 0.348. The Labute approximate surface area is 174 Å². The first kappa shape index (κ1) is 20.5. The number of aliphatic hydroxyl groups excluding tert-OH is 1. The lowest BCUT2D eigenvalue weighted by Gasteiger charge is -2.32.